The predicted molar refractivity (Wildman–Crippen MR) is 91.5 cm³/mol. The van der Waals surface area contributed by atoms with Crippen LogP contribution in [0.5, 0.6) is 0 Å². The zero-order valence-corrected chi connectivity index (χ0v) is 14.5. The fourth-order valence-electron chi connectivity index (χ4n) is 2.40. The van der Waals surface area contributed by atoms with E-state index in [1.54, 1.807) is 19.1 Å². The third-order valence-corrected chi connectivity index (χ3v) is 3.81. The first-order valence-corrected chi connectivity index (χ1v) is 7.92. The van der Waals surface area contributed by atoms with Crippen LogP contribution >= 0.6 is 0 Å². The molecule has 0 aliphatic rings. The van der Waals surface area contributed by atoms with Gasteiger partial charge in [0.15, 0.2) is 5.76 Å². The molecular weight excluding hydrogens is 325 g/mol. The van der Waals surface area contributed by atoms with Crippen LogP contribution in [0.1, 0.15) is 29.1 Å². The highest BCUT2D eigenvalue weighted by atomic mass is 19.1. The molecule has 2 amide bonds. The van der Waals surface area contributed by atoms with E-state index in [9.17, 15) is 14.0 Å². The Morgan fingerprint density at radius 2 is 2.00 bits per heavy atom. The number of nitrogens with one attached hydrogen (secondary N) is 2. The molecule has 0 fully saturated rings. The maximum Gasteiger partial charge on any atom is 0.287 e. The molecule has 1 heterocycles. The Kier molecular flexibility index (Phi) is 6.30. The summed E-state index contributed by atoms with van der Waals surface area (Å²) in [5.41, 5.74) is 0.762. The topological polar surface area (TPSA) is 74.6 Å². The lowest BCUT2D eigenvalue weighted by atomic mass is 10.1. The summed E-state index contributed by atoms with van der Waals surface area (Å²) in [6.07, 6.45) is 1.39. The van der Waals surface area contributed by atoms with Crippen LogP contribution in [-0.4, -0.2) is 43.4 Å². The lowest BCUT2D eigenvalue weighted by molar-refractivity contribution is -0.122. The van der Waals surface area contributed by atoms with Gasteiger partial charge in [-0.15, -0.1) is 0 Å². The van der Waals surface area contributed by atoms with Gasteiger partial charge in [0.1, 0.15) is 11.9 Å². The highest BCUT2D eigenvalue weighted by molar-refractivity contribution is 5.95. The molecule has 0 bridgehead atoms. The average molecular weight is 347 g/mol. The van der Waals surface area contributed by atoms with E-state index in [1.165, 1.54) is 24.5 Å². The SMILES string of the molecule is CC(NC(=O)c1ccco1)C(=O)NCC(c1cccc(F)c1)N(C)C. The maximum atomic E-state index is 13.4. The lowest BCUT2D eigenvalue weighted by Crippen LogP contribution is -2.46. The number of amides is 2. The van der Waals surface area contributed by atoms with Crippen molar-refractivity contribution in [3.05, 3.63) is 59.8 Å². The van der Waals surface area contributed by atoms with E-state index >= 15 is 0 Å². The maximum absolute atomic E-state index is 13.4. The lowest BCUT2D eigenvalue weighted by Gasteiger charge is -2.26. The van der Waals surface area contributed by atoms with Gasteiger partial charge in [-0.05, 0) is 50.8 Å². The first-order chi connectivity index (χ1) is 11.9. The highest BCUT2D eigenvalue weighted by Crippen LogP contribution is 2.18. The molecule has 2 unspecified atom stereocenters. The van der Waals surface area contributed by atoms with Crippen molar-refractivity contribution in [2.45, 2.75) is 19.0 Å². The number of halogens is 1. The second-order valence-corrected chi connectivity index (χ2v) is 5.95. The van der Waals surface area contributed by atoms with Crippen molar-refractivity contribution in [2.24, 2.45) is 0 Å². The molecule has 2 aromatic rings. The van der Waals surface area contributed by atoms with Gasteiger partial charge in [-0.2, -0.15) is 0 Å². The molecule has 1 aromatic carbocycles. The van der Waals surface area contributed by atoms with Crippen molar-refractivity contribution in [1.82, 2.24) is 15.5 Å². The van der Waals surface area contributed by atoms with Crippen LogP contribution in [0.3, 0.4) is 0 Å². The van der Waals surface area contributed by atoms with Gasteiger partial charge in [-0.3, -0.25) is 9.59 Å². The Hall–Kier alpha value is -2.67. The van der Waals surface area contributed by atoms with E-state index in [-0.39, 0.29) is 30.1 Å². The summed E-state index contributed by atoms with van der Waals surface area (Å²) in [5, 5.41) is 5.35. The number of hydrogen-bond donors (Lipinski definition) is 2. The van der Waals surface area contributed by atoms with E-state index in [0.29, 0.717) is 0 Å². The zero-order chi connectivity index (χ0) is 18.4. The van der Waals surface area contributed by atoms with Crippen LogP contribution in [0.2, 0.25) is 0 Å². The number of furan rings is 1. The molecule has 0 radical (unpaired) electrons. The van der Waals surface area contributed by atoms with Crippen molar-refractivity contribution >= 4 is 11.8 Å². The minimum Gasteiger partial charge on any atom is -0.459 e. The van der Waals surface area contributed by atoms with Crippen LogP contribution in [0.15, 0.2) is 47.1 Å². The van der Waals surface area contributed by atoms with Crippen molar-refractivity contribution in [3.8, 4) is 0 Å². The second-order valence-electron chi connectivity index (χ2n) is 5.95. The average Bonchev–Trinajstić information content (AvgIpc) is 3.09. The number of benzene rings is 1. The summed E-state index contributed by atoms with van der Waals surface area (Å²) in [6, 6.07) is 8.46. The number of hydrogen-bond acceptors (Lipinski definition) is 4. The quantitative estimate of drug-likeness (QED) is 0.803. The summed E-state index contributed by atoms with van der Waals surface area (Å²) >= 11 is 0. The molecule has 0 aliphatic carbocycles. The van der Waals surface area contributed by atoms with Crippen molar-refractivity contribution in [3.63, 3.8) is 0 Å². The number of carbonyl (C=O) groups excluding carboxylic acids is 2. The number of nitrogens with zero attached hydrogens (tertiary/aromatic N) is 1. The van der Waals surface area contributed by atoms with Gasteiger partial charge in [0, 0.05) is 6.54 Å². The van der Waals surface area contributed by atoms with E-state index in [2.05, 4.69) is 10.6 Å². The fraction of sp³-hybridized carbons (Fsp3) is 0.333. The van der Waals surface area contributed by atoms with Crippen LogP contribution in [0.4, 0.5) is 4.39 Å². The standard InChI is InChI=1S/C18H22FN3O3/c1-12(21-18(24)16-8-5-9-25-16)17(23)20-11-15(22(2)3)13-6-4-7-14(19)10-13/h4-10,12,15H,11H2,1-3H3,(H,20,23)(H,21,24). The molecule has 0 aliphatic heterocycles. The first-order valence-electron chi connectivity index (χ1n) is 7.92. The number of rotatable bonds is 7. The molecule has 134 valence electrons. The molecule has 6 nitrogen and oxygen atoms in total. The molecule has 0 spiro atoms. The van der Waals surface area contributed by atoms with Crippen LogP contribution in [0, 0.1) is 5.82 Å². The molecule has 7 heteroatoms. The predicted octanol–water partition coefficient (Wildman–Crippen LogP) is 1.96. The van der Waals surface area contributed by atoms with Crippen LogP contribution < -0.4 is 10.6 Å². The van der Waals surface area contributed by atoms with Crippen LogP contribution in [0.25, 0.3) is 0 Å². The smallest absolute Gasteiger partial charge is 0.287 e. The van der Waals surface area contributed by atoms with Gasteiger partial charge in [0.05, 0.1) is 12.3 Å². The Morgan fingerprint density at radius 1 is 1.24 bits per heavy atom. The Balaban J connectivity index is 1.93. The summed E-state index contributed by atoms with van der Waals surface area (Å²) < 4.78 is 18.4. The van der Waals surface area contributed by atoms with E-state index in [4.69, 9.17) is 4.42 Å². The molecule has 2 atom stereocenters. The number of likely N-dealkylation sites (N-methyl/N-ethyl adjacent to an activating group) is 1. The van der Waals surface area contributed by atoms with Gasteiger partial charge in [-0.1, -0.05) is 12.1 Å². The first kappa shape index (κ1) is 18.7. The van der Waals surface area contributed by atoms with Crippen LogP contribution in [-0.2, 0) is 4.79 Å². The third-order valence-electron chi connectivity index (χ3n) is 3.81. The highest BCUT2D eigenvalue weighted by Gasteiger charge is 2.20. The molecule has 0 saturated carbocycles. The summed E-state index contributed by atoms with van der Waals surface area (Å²) in [7, 11) is 3.70. The van der Waals surface area contributed by atoms with Crippen molar-refractivity contribution < 1.29 is 18.4 Å². The Bertz CT molecular complexity index is 716. The Morgan fingerprint density at radius 3 is 2.60 bits per heavy atom. The second kappa shape index (κ2) is 8.43. The molecule has 2 N–H and O–H groups in total. The molecule has 0 saturated heterocycles. The minimum absolute atomic E-state index is 0.144. The van der Waals surface area contributed by atoms with Gasteiger partial charge in [0.25, 0.3) is 5.91 Å². The van der Waals surface area contributed by atoms with Gasteiger partial charge in [0.2, 0.25) is 5.91 Å². The van der Waals surface area contributed by atoms with Gasteiger partial charge in [-0.25, -0.2) is 4.39 Å². The zero-order valence-electron chi connectivity index (χ0n) is 14.5. The third kappa shape index (κ3) is 5.15. The molecular formula is C18H22FN3O3. The van der Waals surface area contributed by atoms with Crippen molar-refractivity contribution in [2.75, 3.05) is 20.6 Å². The summed E-state index contributed by atoms with van der Waals surface area (Å²) in [4.78, 5) is 26.0. The fourth-order valence-corrected chi connectivity index (χ4v) is 2.40. The van der Waals surface area contributed by atoms with E-state index < -0.39 is 11.9 Å². The monoisotopic (exact) mass is 347 g/mol. The van der Waals surface area contributed by atoms with E-state index in [0.717, 1.165) is 5.56 Å². The minimum atomic E-state index is -0.729. The molecule has 25 heavy (non-hydrogen) atoms. The Labute approximate surface area is 146 Å². The largest absolute Gasteiger partial charge is 0.459 e. The van der Waals surface area contributed by atoms with Gasteiger partial charge < -0.3 is 20.0 Å². The summed E-state index contributed by atoms with van der Waals surface area (Å²) in [5.74, 6) is -0.967. The normalized spacial score (nSPS) is 13.3. The van der Waals surface area contributed by atoms with Crippen molar-refractivity contribution in [1.29, 1.82) is 0 Å². The molecule has 1 aromatic heterocycles. The van der Waals surface area contributed by atoms with Gasteiger partial charge >= 0.3 is 0 Å². The van der Waals surface area contributed by atoms with E-state index in [1.807, 2.05) is 25.1 Å². The number of carbonyl (C=O) groups is 2. The summed E-state index contributed by atoms with van der Waals surface area (Å²) in [6.45, 7) is 1.87. The molecule has 2 rings (SSSR count).